The van der Waals surface area contributed by atoms with Crippen molar-refractivity contribution in [3.05, 3.63) is 47.4 Å². The van der Waals surface area contributed by atoms with Crippen LogP contribution < -0.4 is 4.74 Å². The Balaban J connectivity index is 1.53. The zero-order valence-electron chi connectivity index (χ0n) is 17.6. The summed E-state index contributed by atoms with van der Waals surface area (Å²) in [6.07, 6.45) is 2.04. The minimum atomic E-state index is 0.0393. The predicted molar refractivity (Wildman–Crippen MR) is 113 cm³/mol. The number of nitrogens with one attached hydrogen (secondary N) is 1. The number of H-pyrrole nitrogens is 1. The van der Waals surface area contributed by atoms with Crippen molar-refractivity contribution in [2.45, 2.75) is 25.3 Å². The Morgan fingerprint density at radius 2 is 2.17 bits per heavy atom. The van der Waals surface area contributed by atoms with Gasteiger partial charge in [-0.15, -0.1) is 0 Å². The molecule has 1 atom stereocenters. The third kappa shape index (κ3) is 3.87. The van der Waals surface area contributed by atoms with Crippen LogP contribution in [0.3, 0.4) is 0 Å². The van der Waals surface area contributed by atoms with E-state index < -0.39 is 0 Å². The first-order valence-electron chi connectivity index (χ1n) is 10.1. The zero-order chi connectivity index (χ0) is 20.5. The van der Waals surface area contributed by atoms with Gasteiger partial charge in [-0.3, -0.25) is 9.48 Å². The summed E-state index contributed by atoms with van der Waals surface area (Å²) in [4.78, 5) is 20.5. The van der Waals surface area contributed by atoms with Crippen LogP contribution in [-0.4, -0.2) is 64.8 Å². The second-order valence-corrected chi connectivity index (χ2v) is 8.12. The average molecular weight is 396 g/mol. The topological polar surface area (TPSA) is 66.4 Å². The third-order valence-corrected chi connectivity index (χ3v) is 5.68. The Morgan fingerprint density at radius 1 is 1.34 bits per heavy atom. The van der Waals surface area contributed by atoms with Gasteiger partial charge in [0.1, 0.15) is 11.4 Å². The van der Waals surface area contributed by atoms with Crippen LogP contribution in [0.4, 0.5) is 0 Å². The summed E-state index contributed by atoms with van der Waals surface area (Å²) in [7, 11) is 7.76. The number of ether oxygens (including phenoxy) is 1. The van der Waals surface area contributed by atoms with Gasteiger partial charge in [0.15, 0.2) is 0 Å². The highest BCUT2D eigenvalue weighted by Gasteiger charge is 2.28. The summed E-state index contributed by atoms with van der Waals surface area (Å²) in [6, 6.07) is 9.89. The first-order valence-corrected chi connectivity index (χ1v) is 10.1. The highest BCUT2D eigenvalue weighted by Crippen LogP contribution is 2.30. The first-order chi connectivity index (χ1) is 14.0. The normalized spacial score (nSPS) is 17.3. The number of piperidine rings is 1. The minimum absolute atomic E-state index is 0.0393. The van der Waals surface area contributed by atoms with Crippen LogP contribution in [-0.2, 0) is 13.6 Å². The monoisotopic (exact) mass is 395 g/mol. The molecule has 1 saturated heterocycles. The number of aromatic nitrogens is 3. The van der Waals surface area contributed by atoms with Gasteiger partial charge in [-0.25, -0.2) is 0 Å². The molecule has 1 N–H and O–H groups in total. The maximum absolute atomic E-state index is 13.2. The number of carbonyl (C=O) groups is 1. The van der Waals surface area contributed by atoms with E-state index in [0.29, 0.717) is 12.2 Å². The fourth-order valence-corrected chi connectivity index (χ4v) is 4.20. The van der Waals surface area contributed by atoms with E-state index in [4.69, 9.17) is 9.84 Å². The molecule has 2 aromatic heterocycles. The van der Waals surface area contributed by atoms with Gasteiger partial charge >= 0.3 is 0 Å². The molecule has 4 rings (SSSR count). The lowest BCUT2D eigenvalue weighted by Gasteiger charge is -2.31. The summed E-state index contributed by atoms with van der Waals surface area (Å²) >= 11 is 0. The minimum Gasteiger partial charge on any atom is -0.496 e. The molecule has 7 heteroatoms. The number of aromatic amines is 1. The standard InChI is InChI=1S/C22H29N5O2/c1-25(2)14-16-11-19(24-26(16)3)15-7-6-10-27(13-15)22(28)20-12-17-18(23-20)8-5-9-21(17)29-4/h5,8-9,11-12,15,23H,6-7,10,13-14H2,1-4H3. The van der Waals surface area contributed by atoms with Crippen LogP contribution in [0.5, 0.6) is 5.75 Å². The van der Waals surface area contributed by atoms with Gasteiger partial charge in [-0.2, -0.15) is 5.10 Å². The van der Waals surface area contributed by atoms with E-state index in [1.165, 1.54) is 5.69 Å². The van der Waals surface area contributed by atoms with Crippen LogP contribution in [0.15, 0.2) is 30.3 Å². The molecule has 29 heavy (non-hydrogen) atoms. The van der Waals surface area contributed by atoms with Crippen molar-refractivity contribution in [2.75, 3.05) is 34.3 Å². The Morgan fingerprint density at radius 3 is 2.93 bits per heavy atom. The lowest BCUT2D eigenvalue weighted by molar-refractivity contribution is 0.0701. The van der Waals surface area contributed by atoms with E-state index in [1.807, 2.05) is 40.9 Å². The number of fused-ring (bicyclic) bond motifs is 1. The highest BCUT2D eigenvalue weighted by molar-refractivity contribution is 5.99. The molecule has 0 bridgehead atoms. The number of methoxy groups -OCH3 is 1. The SMILES string of the molecule is COc1cccc2[nH]c(C(=O)N3CCCC(c4cc(CN(C)C)n(C)n4)C3)cc12. The lowest BCUT2D eigenvalue weighted by atomic mass is 9.94. The molecule has 154 valence electrons. The van der Waals surface area contributed by atoms with E-state index in [2.05, 4.69) is 30.0 Å². The summed E-state index contributed by atoms with van der Waals surface area (Å²) in [5, 5.41) is 5.67. The molecule has 0 aliphatic carbocycles. The van der Waals surface area contributed by atoms with Gasteiger partial charge in [-0.1, -0.05) is 6.07 Å². The van der Waals surface area contributed by atoms with E-state index in [0.717, 1.165) is 48.3 Å². The maximum atomic E-state index is 13.2. The van der Waals surface area contributed by atoms with Gasteiger partial charge in [0.05, 0.1) is 18.5 Å². The van der Waals surface area contributed by atoms with Gasteiger partial charge < -0.3 is 19.5 Å². The van der Waals surface area contributed by atoms with E-state index in [9.17, 15) is 4.79 Å². The smallest absolute Gasteiger partial charge is 0.270 e. The molecule has 1 aliphatic heterocycles. The number of hydrogen-bond acceptors (Lipinski definition) is 4. The van der Waals surface area contributed by atoms with Crippen LogP contribution in [0.1, 0.15) is 40.6 Å². The van der Waals surface area contributed by atoms with Crippen molar-refractivity contribution >= 4 is 16.8 Å². The average Bonchev–Trinajstić information content (AvgIpc) is 3.31. The fraction of sp³-hybridized carbons (Fsp3) is 0.455. The molecular formula is C22H29N5O2. The molecule has 7 nitrogen and oxygen atoms in total. The zero-order valence-corrected chi connectivity index (χ0v) is 17.6. The molecule has 1 aliphatic rings. The molecule has 1 fully saturated rings. The number of carbonyl (C=O) groups excluding carboxylic acids is 1. The van der Waals surface area contributed by atoms with Crippen molar-refractivity contribution in [2.24, 2.45) is 7.05 Å². The summed E-state index contributed by atoms with van der Waals surface area (Å²) < 4.78 is 7.38. The summed E-state index contributed by atoms with van der Waals surface area (Å²) in [5.41, 5.74) is 3.80. The molecular weight excluding hydrogens is 366 g/mol. The molecule has 3 aromatic rings. The molecule has 0 saturated carbocycles. The van der Waals surface area contributed by atoms with Crippen molar-refractivity contribution in [1.82, 2.24) is 24.6 Å². The lowest BCUT2D eigenvalue weighted by Crippen LogP contribution is -2.39. The maximum Gasteiger partial charge on any atom is 0.270 e. The Bertz CT molecular complexity index is 1020. The summed E-state index contributed by atoms with van der Waals surface area (Å²) in [6.45, 7) is 2.33. The quantitative estimate of drug-likeness (QED) is 0.721. The molecule has 1 aromatic carbocycles. The second-order valence-electron chi connectivity index (χ2n) is 8.12. The van der Waals surface area contributed by atoms with Crippen molar-refractivity contribution in [1.29, 1.82) is 0 Å². The highest BCUT2D eigenvalue weighted by atomic mass is 16.5. The van der Waals surface area contributed by atoms with Gasteiger partial charge in [-0.05, 0) is 51.2 Å². The van der Waals surface area contributed by atoms with Crippen molar-refractivity contribution in [3.63, 3.8) is 0 Å². The fourth-order valence-electron chi connectivity index (χ4n) is 4.20. The first kappa shape index (κ1) is 19.5. The number of amides is 1. The Kier molecular flexibility index (Phi) is 5.32. The van der Waals surface area contributed by atoms with Crippen LogP contribution in [0.25, 0.3) is 10.9 Å². The number of rotatable bonds is 5. The Hall–Kier alpha value is -2.80. The van der Waals surface area contributed by atoms with Gasteiger partial charge in [0, 0.05) is 43.5 Å². The molecule has 0 radical (unpaired) electrons. The van der Waals surface area contributed by atoms with E-state index in [-0.39, 0.29) is 11.8 Å². The number of nitrogens with zero attached hydrogens (tertiary/aromatic N) is 4. The van der Waals surface area contributed by atoms with Gasteiger partial charge in [0.25, 0.3) is 5.91 Å². The second kappa shape index (κ2) is 7.91. The van der Waals surface area contributed by atoms with Crippen LogP contribution in [0.2, 0.25) is 0 Å². The molecule has 1 unspecified atom stereocenters. The van der Waals surface area contributed by atoms with E-state index in [1.54, 1.807) is 7.11 Å². The van der Waals surface area contributed by atoms with Crippen molar-refractivity contribution in [3.8, 4) is 5.75 Å². The number of likely N-dealkylation sites (tertiary alicyclic amines) is 1. The largest absolute Gasteiger partial charge is 0.496 e. The summed E-state index contributed by atoms with van der Waals surface area (Å²) in [5.74, 6) is 1.09. The van der Waals surface area contributed by atoms with Crippen LogP contribution >= 0.6 is 0 Å². The van der Waals surface area contributed by atoms with Crippen LogP contribution in [0, 0.1) is 0 Å². The van der Waals surface area contributed by atoms with E-state index >= 15 is 0 Å². The number of aryl methyl sites for hydroxylation is 1. The molecule has 1 amide bonds. The molecule has 3 heterocycles. The predicted octanol–water partition coefficient (Wildman–Crippen LogP) is 2.99. The van der Waals surface area contributed by atoms with Gasteiger partial charge in [0.2, 0.25) is 0 Å². The number of hydrogen-bond donors (Lipinski definition) is 1. The van der Waals surface area contributed by atoms with Crippen molar-refractivity contribution < 1.29 is 9.53 Å². The molecule has 0 spiro atoms. The third-order valence-electron chi connectivity index (χ3n) is 5.68. The number of benzene rings is 1. The Labute approximate surface area is 171 Å².